The van der Waals surface area contributed by atoms with E-state index in [1.54, 1.807) is 19.1 Å². The summed E-state index contributed by atoms with van der Waals surface area (Å²) in [5.41, 5.74) is 0.867. The summed E-state index contributed by atoms with van der Waals surface area (Å²) in [5.74, 6) is 0. The summed E-state index contributed by atoms with van der Waals surface area (Å²) in [5, 5.41) is 1.42. The molecule has 0 saturated heterocycles. The van der Waals surface area contributed by atoms with Gasteiger partial charge in [-0.15, -0.1) is 0 Å². The number of rotatable bonds is 1. The van der Waals surface area contributed by atoms with Crippen LogP contribution in [0.2, 0.25) is 0 Å². The quantitative estimate of drug-likeness (QED) is 0.647. The predicted molar refractivity (Wildman–Crippen MR) is 40.9 cm³/mol. The standard InChI is InChI=1S/C8H8F3N/c1-6-3-2-4-7(5-6)12-8(9,10)11/h2-5,12H,1H3. The van der Waals surface area contributed by atoms with Crippen molar-refractivity contribution < 1.29 is 13.2 Å². The summed E-state index contributed by atoms with van der Waals surface area (Å²) >= 11 is 0. The van der Waals surface area contributed by atoms with Crippen molar-refractivity contribution in [1.29, 1.82) is 0 Å². The Morgan fingerprint density at radius 3 is 2.42 bits per heavy atom. The smallest absolute Gasteiger partial charge is 0.298 e. The first-order valence-corrected chi connectivity index (χ1v) is 3.39. The normalized spacial score (nSPS) is 11.3. The first kappa shape index (κ1) is 8.90. The van der Waals surface area contributed by atoms with E-state index >= 15 is 0 Å². The van der Waals surface area contributed by atoms with Gasteiger partial charge >= 0.3 is 6.30 Å². The van der Waals surface area contributed by atoms with Gasteiger partial charge in [-0.1, -0.05) is 12.1 Å². The number of alkyl halides is 3. The lowest BCUT2D eigenvalue weighted by molar-refractivity contribution is -0.0999. The zero-order valence-corrected chi connectivity index (χ0v) is 6.44. The number of anilines is 1. The first-order chi connectivity index (χ1) is 5.47. The van der Waals surface area contributed by atoms with Crippen molar-refractivity contribution in [3.63, 3.8) is 0 Å². The molecule has 0 amide bonds. The summed E-state index contributed by atoms with van der Waals surface area (Å²) < 4.78 is 35.3. The number of halogens is 3. The van der Waals surface area contributed by atoms with Gasteiger partial charge in [0, 0.05) is 5.69 Å². The van der Waals surface area contributed by atoms with E-state index in [2.05, 4.69) is 0 Å². The molecule has 0 atom stereocenters. The van der Waals surface area contributed by atoms with Gasteiger partial charge in [-0.25, -0.2) is 0 Å². The van der Waals surface area contributed by atoms with Crippen LogP contribution in [0.15, 0.2) is 24.3 Å². The lowest BCUT2D eigenvalue weighted by atomic mass is 10.2. The Hall–Kier alpha value is -1.19. The second kappa shape index (κ2) is 3.05. The van der Waals surface area contributed by atoms with Crippen LogP contribution in [0.25, 0.3) is 0 Å². The maximum Gasteiger partial charge on any atom is 0.482 e. The maximum atomic E-state index is 11.8. The molecule has 4 heteroatoms. The third kappa shape index (κ3) is 2.82. The molecule has 0 spiro atoms. The van der Waals surface area contributed by atoms with Crippen molar-refractivity contribution >= 4 is 5.69 Å². The van der Waals surface area contributed by atoms with Gasteiger partial charge in [-0.05, 0) is 24.6 Å². The highest BCUT2D eigenvalue weighted by Gasteiger charge is 2.26. The largest absolute Gasteiger partial charge is 0.482 e. The van der Waals surface area contributed by atoms with Crippen molar-refractivity contribution in [2.24, 2.45) is 0 Å². The van der Waals surface area contributed by atoms with E-state index in [4.69, 9.17) is 0 Å². The first-order valence-electron chi connectivity index (χ1n) is 3.39. The van der Waals surface area contributed by atoms with Gasteiger partial charge in [0.2, 0.25) is 0 Å². The molecule has 12 heavy (non-hydrogen) atoms. The van der Waals surface area contributed by atoms with E-state index in [-0.39, 0.29) is 5.69 Å². The van der Waals surface area contributed by atoms with Gasteiger partial charge in [-0.3, -0.25) is 5.32 Å². The fourth-order valence-corrected chi connectivity index (χ4v) is 0.886. The Morgan fingerprint density at radius 1 is 1.25 bits per heavy atom. The lowest BCUT2D eigenvalue weighted by Gasteiger charge is -2.09. The molecule has 1 rings (SSSR count). The Kier molecular flexibility index (Phi) is 2.26. The van der Waals surface area contributed by atoms with Crippen LogP contribution in [0.5, 0.6) is 0 Å². The molecular weight excluding hydrogens is 167 g/mol. The van der Waals surface area contributed by atoms with Crippen LogP contribution in [-0.2, 0) is 0 Å². The molecule has 0 aliphatic carbocycles. The van der Waals surface area contributed by atoms with Crippen molar-refractivity contribution in [3.05, 3.63) is 29.8 Å². The molecule has 66 valence electrons. The maximum absolute atomic E-state index is 11.8. The van der Waals surface area contributed by atoms with Gasteiger partial charge in [0.15, 0.2) is 0 Å². The average Bonchev–Trinajstić information content (AvgIpc) is 1.82. The van der Waals surface area contributed by atoms with Crippen LogP contribution in [0.1, 0.15) is 5.56 Å². The second-order valence-corrected chi connectivity index (χ2v) is 2.49. The minimum Gasteiger partial charge on any atom is -0.298 e. The fourth-order valence-electron chi connectivity index (χ4n) is 0.886. The summed E-state index contributed by atoms with van der Waals surface area (Å²) in [7, 11) is 0. The SMILES string of the molecule is Cc1cccc(NC(F)(F)F)c1. The number of nitrogens with one attached hydrogen (secondary N) is 1. The van der Waals surface area contributed by atoms with Crippen LogP contribution in [0, 0.1) is 6.92 Å². The third-order valence-electron chi connectivity index (χ3n) is 1.30. The zero-order valence-electron chi connectivity index (χ0n) is 6.44. The molecule has 0 unspecified atom stereocenters. The summed E-state index contributed by atoms with van der Waals surface area (Å²) in [6.45, 7) is 1.74. The van der Waals surface area contributed by atoms with E-state index in [1.165, 1.54) is 17.4 Å². The lowest BCUT2D eigenvalue weighted by Crippen LogP contribution is -2.20. The Bertz CT molecular complexity index is 267. The summed E-state index contributed by atoms with van der Waals surface area (Å²) in [6.07, 6.45) is -4.35. The molecule has 0 aliphatic heterocycles. The van der Waals surface area contributed by atoms with Crippen LogP contribution in [0.3, 0.4) is 0 Å². The number of hydrogen-bond acceptors (Lipinski definition) is 1. The Balaban J connectivity index is 2.77. The topological polar surface area (TPSA) is 12.0 Å². The summed E-state index contributed by atoms with van der Waals surface area (Å²) in [6, 6.07) is 6.12. The van der Waals surface area contributed by atoms with Crippen LogP contribution in [0.4, 0.5) is 18.9 Å². The van der Waals surface area contributed by atoms with Gasteiger partial charge in [0.25, 0.3) is 0 Å². The van der Waals surface area contributed by atoms with Crippen LogP contribution < -0.4 is 5.32 Å². The van der Waals surface area contributed by atoms with E-state index in [0.29, 0.717) is 0 Å². The molecule has 1 N–H and O–H groups in total. The zero-order chi connectivity index (χ0) is 9.19. The molecule has 1 aromatic carbocycles. The van der Waals surface area contributed by atoms with Crippen molar-refractivity contribution in [1.82, 2.24) is 0 Å². The van der Waals surface area contributed by atoms with Crippen LogP contribution in [-0.4, -0.2) is 6.30 Å². The van der Waals surface area contributed by atoms with E-state index in [1.807, 2.05) is 0 Å². The van der Waals surface area contributed by atoms with Crippen molar-refractivity contribution in [2.45, 2.75) is 13.2 Å². The molecule has 1 nitrogen and oxygen atoms in total. The monoisotopic (exact) mass is 175 g/mol. The highest BCUT2D eigenvalue weighted by atomic mass is 19.4. The van der Waals surface area contributed by atoms with Crippen LogP contribution >= 0.6 is 0 Å². The molecule has 0 fully saturated rings. The predicted octanol–water partition coefficient (Wildman–Crippen LogP) is 2.93. The molecule has 0 radical (unpaired) electrons. The molecular formula is C8H8F3N. The molecule has 0 saturated carbocycles. The summed E-state index contributed by atoms with van der Waals surface area (Å²) in [4.78, 5) is 0. The molecule has 0 heterocycles. The molecule has 0 aliphatic rings. The number of aryl methyl sites for hydroxylation is 1. The van der Waals surface area contributed by atoms with Crippen molar-refractivity contribution in [2.75, 3.05) is 5.32 Å². The average molecular weight is 175 g/mol. The minimum absolute atomic E-state index is 0.0718. The Labute approximate surface area is 68.2 Å². The number of hydrogen-bond donors (Lipinski definition) is 1. The van der Waals surface area contributed by atoms with E-state index < -0.39 is 6.30 Å². The van der Waals surface area contributed by atoms with E-state index in [9.17, 15) is 13.2 Å². The highest BCUT2D eigenvalue weighted by Crippen LogP contribution is 2.19. The van der Waals surface area contributed by atoms with Crippen molar-refractivity contribution in [3.8, 4) is 0 Å². The van der Waals surface area contributed by atoms with Gasteiger partial charge < -0.3 is 0 Å². The third-order valence-corrected chi connectivity index (χ3v) is 1.30. The number of benzene rings is 1. The minimum atomic E-state index is -4.35. The van der Waals surface area contributed by atoms with Gasteiger partial charge in [-0.2, -0.15) is 13.2 Å². The molecule has 0 aromatic heterocycles. The van der Waals surface area contributed by atoms with Gasteiger partial charge in [0.05, 0.1) is 0 Å². The molecule has 0 bridgehead atoms. The fraction of sp³-hybridized carbons (Fsp3) is 0.250. The Morgan fingerprint density at radius 2 is 1.92 bits per heavy atom. The molecule has 1 aromatic rings. The van der Waals surface area contributed by atoms with Gasteiger partial charge in [0.1, 0.15) is 0 Å². The van der Waals surface area contributed by atoms with E-state index in [0.717, 1.165) is 5.56 Å². The highest BCUT2D eigenvalue weighted by molar-refractivity contribution is 5.45. The second-order valence-electron chi connectivity index (χ2n) is 2.49.